The Morgan fingerprint density at radius 2 is 0.923 bits per heavy atom. The Labute approximate surface area is 174 Å². The molecule has 0 aliphatic rings. The predicted molar refractivity (Wildman–Crippen MR) is 115 cm³/mol. The second kappa shape index (κ2) is 16.9. The Balaban J connectivity index is -0.00000264. The minimum atomic E-state index is -0.545. The molecule has 0 aromatic carbocycles. The van der Waals surface area contributed by atoms with Gasteiger partial charge in [0.2, 0.25) is 0 Å². The molecule has 0 aromatic rings. The molecule has 0 unspecified atom stereocenters. The highest BCUT2D eigenvalue weighted by Crippen LogP contribution is 2.07. The molecule has 5 nitrogen and oxygen atoms in total. The number of halogens is 2. The molecule has 160 valence electrons. The van der Waals surface area contributed by atoms with Crippen LogP contribution in [0.1, 0.15) is 68.2 Å². The van der Waals surface area contributed by atoms with E-state index in [1.807, 2.05) is 0 Å². The van der Waals surface area contributed by atoms with E-state index < -0.39 is 6.16 Å². The van der Waals surface area contributed by atoms with E-state index in [2.05, 4.69) is 65.2 Å². The molecule has 0 rings (SSSR count). The van der Waals surface area contributed by atoms with Gasteiger partial charge < -0.3 is 9.47 Å². The molecule has 0 bridgehead atoms. The van der Waals surface area contributed by atoms with E-state index in [0.29, 0.717) is 37.4 Å². The summed E-state index contributed by atoms with van der Waals surface area (Å²) in [5.41, 5.74) is 0. The van der Waals surface area contributed by atoms with Crippen LogP contribution in [0.5, 0.6) is 0 Å². The van der Waals surface area contributed by atoms with Crippen LogP contribution in [0.25, 0.3) is 0 Å². The number of carbonyl (C=O) groups excluding carboxylic acids is 1. The van der Waals surface area contributed by atoms with Gasteiger partial charge in [0.1, 0.15) is 0 Å². The third kappa shape index (κ3) is 13.9. The zero-order valence-electron chi connectivity index (χ0n) is 18.0. The third-order valence-electron chi connectivity index (χ3n) is 4.21. The van der Waals surface area contributed by atoms with Crippen LogP contribution in [-0.2, 0) is 9.47 Å². The Kier molecular flexibility index (Phi) is 19.8. The summed E-state index contributed by atoms with van der Waals surface area (Å²) in [7, 11) is 0. The van der Waals surface area contributed by atoms with Crippen LogP contribution in [0.2, 0.25) is 0 Å². The quantitative estimate of drug-likeness (QED) is 0.330. The maximum absolute atomic E-state index is 11.6. The average Bonchev–Trinajstić information content (AvgIpc) is 2.44. The molecule has 0 aromatic heterocycles. The monoisotopic (exact) mass is 416 g/mol. The van der Waals surface area contributed by atoms with Crippen molar-refractivity contribution in [1.29, 1.82) is 0 Å². The van der Waals surface area contributed by atoms with Crippen molar-refractivity contribution < 1.29 is 14.3 Å². The van der Waals surface area contributed by atoms with Crippen LogP contribution in [0.4, 0.5) is 4.79 Å². The van der Waals surface area contributed by atoms with Crippen LogP contribution in [0.3, 0.4) is 0 Å². The maximum Gasteiger partial charge on any atom is 0.508 e. The third-order valence-corrected chi connectivity index (χ3v) is 4.21. The molecule has 0 saturated carbocycles. The highest BCUT2D eigenvalue weighted by atomic mass is 35.5. The lowest BCUT2D eigenvalue weighted by atomic mass is 10.2. The molecular formula is C19H42Cl2N2O3. The van der Waals surface area contributed by atoms with Gasteiger partial charge in [0.15, 0.2) is 0 Å². The van der Waals surface area contributed by atoms with E-state index in [4.69, 9.17) is 9.47 Å². The molecule has 0 N–H and O–H groups in total. The van der Waals surface area contributed by atoms with Crippen LogP contribution in [0.15, 0.2) is 0 Å². The van der Waals surface area contributed by atoms with Gasteiger partial charge in [-0.25, -0.2) is 4.79 Å². The van der Waals surface area contributed by atoms with Crippen molar-refractivity contribution in [2.75, 3.05) is 26.3 Å². The number of rotatable bonds is 12. The summed E-state index contributed by atoms with van der Waals surface area (Å²) in [4.78, 5) is 16.4. The molecule has 0 saturated heterocycles. The Bertz CT molecular complexity index is 295. The van der Waals surface area contributed by atoms with Crippen molar-refractivity contribution in [1.82, 2.24) is 9.80 Å². The molecule has 26 heavy (non-hydrogen) atoms. The minimum Gasteiger partial charge on any atom is -0.434 e. The summed E-state index contributed by atoms with van der Waals surface area (Å²) >= 11 is 0. The Morgan fingerprint density at radius 1 is 0.654 bits per heavy atom. The molecule has 0 aliphatic heterocycles. The zero-order chi connectivity index (χ0) is 18.7. The molecule has 0 aliphatic carbocycles. The number of hydrogen-bond donors (Lipinski definition) is 0. The fourth-order valence-corrected chi connectivity index (χ4v) is 3.07. The van der Waals surface area contributed by atoms with E-state index in [-0.39, 0.29) is 24.8 Å². The van der Waals surface area contributed by atoms with E-state index in [1.165, 1.54) is 0 Å². The van der Waals surface area contributed by atoms with Crippen LogP contribution in [-0.4, -0.2) is 66.4 Å². The molecule has 7 heteroatoms. The highest BCUT2D eigenvalue weighted by molar-refractivity contribution is 5.85. The predicted octanol–water partition coefficient (Wildman–Crippen LogP) is 5.00. The summed E-state index contributed by atoms with van der Waals surface area (Å²) in [6.07, 6.45) is 1.12. The molecule has 0 fully saturated rings. The summed E-state index contributed by atoms with van der Waals surface area (Å²) in [6.45, 7) is 20.2. The van der Waals surface area contributed by atoms with Crippen molar-refractivity contribution in [3.8, 4) is 0 Å². The first-order valence-electron chi connectivity index (χ1n) is 9.47. The van der Waals surface area contributed by atoms with E-state index in [1.54, 1.807) is 0 Å². The topological polar surface area (TPSA) is 42.0 Å². The average molecular weight is 417 g/mol. The number of carbonyl (C=O) groups is 1. The van der Waals surface area contributed by atoms with Crippen molar-refractivity contribution in [2.24, 2.45) is 0 Å². The van der Waals surface area contributed by atoms with Gasteiger partial charge in [0.05, 0.1) is 13.2 Å². The SMILES string of the molecule is CC(C)N(CCCOC(=O)OCCCN(C(C)C)C(C)C)C(C)C.Cl.Cl. The van der Waals surface area contributed by atoms with Gasteiger partial charge in [0.25, 0.3) is 0 Å². The summed E-state index contributed by atoms with van der Waals surface area (Å²) in [5.74, 6) is 0. The number of hydrogen-bond acceptors (Lipinski definition) is 5. The van der Waals surface area contributed by atoms with Gasteiger partial charge in [-0.15, -0.1) is 24.8 Å². The summed E-state index contributed by atoms with van der Waals surface area (Å²) in [6, 6.07) is 2.01. The summed E-state index contributed by atoms with van der Waals surface area (Å²) in [5, 5.41) is 0. The summed E-state index contributed by atoms with van der Waals surface area (Å²) < 4.78 is 10.3. The van der Waals surface area contributed by atoms with E-state index >= 15 is 0 Å². The molecule has 0 amide bonds. The first kappa shape index (κ1) is 30.5. The molecule has 0 atom stereocenters. The number of ether oxygens (including phenoxy) is 2. The van der Waals surface area contributed by atoms with Crippen molar-refractivity contribution in [2.45, 2.75) is 92.4 Å². The fourth-order valence-electron chi connectivity index (χ4n) is 3.07. The molecule has 0 heterocycles. The van der Waals surface area contributed by atoms with Crippen molar-refractivity contribution in [3.05, 3.63) is 0 Å². The maximum atomic E-state index is 11.6. The first-order chi connectivity index (χ1) is 11.2. The largest absolute Gasteiger partial charge is 0.508 e. The van der Waals surface area contributed by atoms with Gasteiger partial charge >= 0.3 is 6.16 Å². The lowest BCUT2D eigenvalue weighted by Gasteiger charge is -2.30. The fraction of sp³-hybridized carbons (Fsp3) is 0.947. The second-order valence-electron chi connectivity index (χ2n) is 7.50. The van der Waals surface area contributed by atoms with Gasteiger partial charge in [-0.1, -0.05) is 0 Å². The van der Waals surface area contributed by atoms with Crippen LogP contribution in [0, 0.1) is 0 Å². The normalized spacial score (nSPS) is 11.3. The Morgan fingerprint density at radius 3 is 1.15 bits per heavy atom. The highest BCUT2D eigenvalue weighted by Gasteiger charge is 2.14. The molecule has 0 radical (unpaired) electrons. The van der Waals surface area contributed by atoms with Gasteiger partial charge in [-0.2, -0.15) is 0 Å². The molecular weight excluding hydrogens is 375 g/mol. The standard InChI is InChI=1S/C19H40N2O3.2ClH/c1-15(2)20(16(3)4)11-9-13-23-19(22)24-14-10-12-21(17(5)6)18(7)8;;/h15-18H,9-14H2,1-8H3;2*1H. The van der Waals surface area contributed by atoms with Crippen molar-refractivity contribution in [3.63, 3.8) is 0 Å². The second-order valence-corrected chi connectivity index (χ2v) is 7.50. The smallest absolute Gasteiger partial charge is 0.434 e. The van der Waals surface area contributed by atoms with E-state index in [0.717, 1.165) is 25.9 Å². The lowest BCUT2D eigenvalue weighted by Crippen LogP contribution is -2.38. The first-order valence-corrected chi connectivity index (χ1v) is 9.47. The van der Waals surface area contributed by atoms with Gasteiger partial charge in [-0.3, -0.25) is 9.80 Å². The number of nitrogens with zero attached hydrogens (tertiary/aromatic N) is 2. The van der Waals surface area contributed by atoms with Gasteiger partial charge in [-0.05, 0) is 68.2 Å². The van der Waals surface area contributed by atoms with Crippen molar-refractivity contribution >= 4 is 31.0 Å². The van der Waals surface area contributed by atoms with Gasteiger partial charge in [0, 0.05) is 37.3 Å². The Hall–Kier alpha value is -0.230. The van der Waals surface area contributed by atoms with Crippen LogP contribution < -0.4 is 0 Å². The van der Waals surface area contributed by atoms with Crippen LogP contribution >= 0.6 is 24.8 Å². The van der Waals surface area contributed by atoms with E-state index in [9.17, 15) is 4.79 Å². The minimum absolute atomic E-state index is 0. The lowest BCUT2D eigenvalue weighted by molar-refractivity contribution is 0.0460. The molecule has 0 spiro atoms. The zero-order valence-corrected chi connectivity index (χ0v) is 19.6.